The molecule has 160 valence electrons. The minimum absolute atomic E-state index is 0.266. The lowest BCUT2D eigenvalue weighted by Gasteiger charge is -2.28. The van der Waals surface area contributed by atoms with Crippen molar-refractivity contribution in [3.05, 3.63) is 65.4 Å². The maximum absolute atomic E-state index is 9.00. The maximum atomic E-state index is 9.00. The number of aromatic nitrogens is 2. The van der Waals surface area contributed by atoms with Gasteiger partial charge in [-0.2, -0.15) is 15.2 Å². The number of nitrogens with zero attached hydrogens (tertiary/aromatic N) is 5. The van der Waals surface area contributed by atoms with E-state index in [1.54, 1.807) is 24.3 Å². The highest BCUT2D eigenvalue weighted by Gasteiger charge is 2.27. The second-order valence-electron chi connectivity index (χ2n) is 7.69. The molecular formula is C24H22N6O2. The Kier molecular flexibility index (Phi) is 5.40. The van der Waals surface area contributed by atoms with Crippen molar-refractivity contribution in [2.45, 2.75) is 13.3 Å². The second kappa shape index (κ2) is 8.65. The third kappa shape index (κ3) is 4.24. The minimum Gasteiger partial charge on any atom is -0.424 e. The average Bonchev–Trinajstić information content (AvgIpc) is 3.22. The lowest BCUT2D eigenvalue weighted by atomic mass is 10.2. The molecule has 3 aromatic rings. The van der Waals surface area contributed by atoms with Crippen LogP contribution in [0.4, 0.5) is 17.2 Å². The predicted molar refractivity (Wildman–Crippen MR) is 122 cm³/mol. The number of aryl methyl sites for hydroxylation is 1. The molecule has 5 rings (SSSR count). The van der Waals surface area contributed by atoms with Crippen LogP contribution in [0.1, 0.15) is 16.8 Å². The molecular weight excluding hydrogens is 404 g/mol. The van der Waals surface area contributed by atoms with E-state index in [1.165, 1.54) is 5.56 Å². The minimum atomic E-state index is 0.266. The molecule has 32 heavy (non-hydrogen) atoms. The van der Waals surface area contributed by atoms with Gasteiger partial charge in [-0.1, -0.05) is 12.1 Å². The van der Waals surface area contributed by atoms with Crippen LogP contribution in [0.3, 0.4) is 0 Å². The summed E-state index contributed by atoms with van der Waals surface area (Å²) >= 11 is 0. The number of nitriles is 1. The number of hydrogen-bond donors (Lipinski definition) is 1. The van der Waals surface area contributed by atoms with Crippen LogP contribution in [0.2, 0.25) is 0 Å². The van der Waals surface area contributed by atoms with Gasteiger partial charge in [0.1, 0.15) is 17.3 Å². The van der Waals surface area contributed by atoms with Crippen molar-refractivity contribution in [3.63, 3.8) is 0 Å². The van der Waals surface area contributed by atoms with Crippen molar-refractivity contribution < 1.29 is 9.47 Å². The van der Waals surface area contributed by atoms with Crippen molar-refractivity contribution in [2.75, 3.05) is 36.5 Å². The number of nitrogens with one attached hydrogen (secondary N) is 1. The van der Waals surface area contributed by atoms with E-state index >= 15 is 0 Å². The van der Waals surface area contributed by atoms with E-state index in [1.807, 2.05) is 12.1 Å². The van der Waals surface area contributed by atoms with E-state index in [9.17, 15) is 0 Å². The summed E-state index contributed by atoms with van der Waals surface area (Å²) in [6, 6.07) is 17.4. The van der Waals surface area contributed by atoms with Gasteiger partial charge >= 0.3 is 6.01 Å². The Hall–Kier alpha value is -3.96. The van der Waals surface area contributed by atoms with E-state index < -0.39 is 0 Å². The molecule has 2 aliphatic rings. The molecule has 0 atom stereocenters. The molecule has 3 heterocycles. The van der Waals surface area contributed by atoms with Crippen molar-refractivity contribution in [3.8, 4) is 17.8 Å². The van der Waals surface area contributed by atoms with Gasteiger partial charge in [0.05, 0.1) is 37.0 Å². The Morgan fingerprint density at radius 2 is 1.91 bits per heavy atom. The van der Waals surface area contributed by atoms with Crippen molar-refractivity contribution in [2.24, 2.45) is 4.99 Å². The van der Waals surface area contributed by atoms with Gasteiger partial charge in [-0.3, -0.25) is 0 Å². The van der Waals surface area contributed by atoms with Crippen molar-refractivity contribution in [1.82, 2.24) is 9.97 Å². The Balaban J connectivity index is 1.45. The summed E-state index contributed by atoms with van der Waals surface area (Å²) in [6.07, 6.45) is 0.562. The first-order valence-corrected chi connectivity index (χ1v) is 10.5. The molecule has 2 aliphatic heterocycles. The Morgan fingerprint density at radius 1 is 1.09 bits per heavy atom. The molecule has 1 N–H and O–H groups in total. The molecule has 0 unspecified atom stereocenters. The third-order valence-corrected chi connectivity index (χ3v) is 5.31. The molecule has 2 aromatic carbocycles. The average molecular weight is 426 g/mol. The van der Waals surface area contributed by atoms with Crippen LogP contribution in [0, 0.1) is 18.3 Å². The Bertz CT molecular complexity index is 1210. The molecule has 0 amide bonds. The molecule has 1 aromatic heterocycles. The highest BCUT2D eigenvalue weighted by Crippen LogP contribution is 2.37. The van der Waals surface area contributed by atoms with Gasteiger partial charge in [0.25, 0.3) is 0 Å². The molecule has 1 saturated heterocycles. The quantitative estimate of drug-likeness (QED) is 0.674. The largest absolute Gasteiger partial charge is 0.424 e. The molecule has 1 fully saturated rings. The first-order valence-electron chi connectivity index (χ1n) is 10.5. The summed E-state index contributed by atoms with van der Waals surface area (Å²) in [5.41, 5.74) is 4.33. The predicted octanol–water partition coefficient (Wildman–Crippen LogP) is 3.98. The van der Waals surface area contributed by atoms with E-state index in [2.05, 4.69) is 40.3 Å². The summed E-state index contributed by atoms with van der Waals surface area (Å²) in [7, 11) is 0. The fourth-order valence-corrected chi connectivity index (χ4v) is 3.74. The second-order valence-corrected chi connectivity index (χ2v) is 7.69. The summed E-state index contributed by atoms with van der Waals surface area (Å²) in [6.45, 7) is 4.81. The monoisotopic (exact) mass is 426 g/mol. The number of morpholine rings is 1. The van der Waals surface area contributed by atoms with Gasteiger partial charge < -0.3 is 19.7 Å². The van der Waals surface area contributed by atoms with Crippen LogP contribution in [0.5, 0.6) is 11.8 Å². The van der Waals surface area contributed by atoms with Gasteiger partial charge in [-0.15, -0.1) is 0 Å². The fraction of sp³-hybridized carbons (Fsp3) is 0.250. The smallest absolute Gasteiger partial charge is 0.324 e. The van der Waals surface area contributed by atoms with Crippen LogP contribution in [-0.2, 0) is 11.2 Å². The first-order chi connectivity index (χ1) is 15.7. The van der Waals surface area contributed by atoms with Crippen LogP contribution in [-0.4, -0.2) is 42.1 Å². The number of aliphatic imine (C=N–C) groups is 1. The zero-order valence-corrected chi connectivity index (χ0v) is 17.7. The fourth-order valence-electron chi connectivity index (χ4n) is 3.74. The van der Waals surface area contributed by atoms with Crippen LogP contribution in [0.25, 0.3) is 0 Å². The molecule has 0 radical (unpaired) electrons. The van der Waals surface area contributed by atoms with Crippen molar-refractivity contribution >= 4 is 23.0 Å². The lowest BCUT2D eigenvalue weighted by Crippen LogP contribution is -2.37. The van der Waals surface area contributed by atoms with Crippen LogP contribution < -0.4 is 15.0 Å². The van der Waals surface area contributed by atoms with E-state index in [0.29, 0.717) is 30.9 Å². The SMILES string of the molecule is Cc1cccc(NC2=Nc3c(nc(Oc4ccc(C#N)cc4)nc3N3CCOCC3)C2)c1. The Morgan fingerprint density at radius 3 is 2.66 bits per heavy atom. The number of ether oxygens (including phenoxy) is 2. The van der Waals surface area contributed by atoms with E-state index in [-0.39, 0.29) is 6.01 Å². The number of amidine groups is 1. The first kappa shape index (κ1) is 20.0. The van der Waals surface area contributed by atoms with Gasteiger partial charge in [0, 0.05) is 18.8 Å². The zero-order valence-electron chi connectivity index (χ0n) is 17.7. The molecule has 0 bridgehead atoms. The molecule has 0 spiro atoms. The van der Waals surface area contributed by atoms with E-state index in [4.69, 9.17) is 24.7 Å². The van der Waals surface area contributed by atoms with Crippen LogP contribution in [0.15, 0.2) is 53.5 Å². The third-order valence-electron chi connectivity index (χ3n) is 5.31. The van der Waals surface area contributed by atoms with Crippen LogP contribution >= 0.6 is 0 Å². The van der Waals surface area contributed by atoms with E-state index in [0.717, 1.165) is 41.8 Å². The van der Waals surface area contributed by atoms with Gasteiger partial charge in [-0.25, -0.2) is 4.99 Å². The summed E-state index contributed by atoms with van der Waals surface area (Å²) in [4.78, 5) is 16.3. The lowest BCUT2D eigenvalue weighted by molar-refractivity contribution is 0.122. The van der Waals surface area contributed by atoms with Gasteiger partial charge in [0.15, 0.2) is 5.82 Å². The van der Waals surface area contributed by atoms with Gasteiger partial charge in [0.2, 0.25) is 0 Å². The number of fused-ring (bicyclic) bond motifs is 1. The number of rotatable bonds is 4. The molecule has 0 saturated carbocycles. The molecule has 8 nitrogen and oxygen atoms in total. The topological polar surface area (TPSA) is 95.7 Å². The number of benzene rings is 2. The standard InChI is InChI=1S/C24H22N6O2/c1-16-3-2-4-18(13-16)26-21-14-20-22(28-21)23(30-9-11-31-12-10-30)29-24(27-20)32-19-7-5-17(15-25)6-8-19/h2-8,13H,9-12,14H2,1H3,(H,26,28). The zero-order chi connectivity index (χ0) is 21.9. The number of anilines is 2. The maximum Gasteiger partial charge on any atom is 0.324 e. The highest BCUT2D eigenvalue weighted by atomic mass is 16.5. The normalized spacial score (nSPS) is 15.0. The summed E-state index contributed by atoms with van der Waals surface area (Å²) in [5.74, 6) is 2.15. The highest BCUT2D eigenvalue weighted by molar-refractivity contribution is 6.03. The van der Waals surface area contributed by atoms with Gasteiger partial charge in [-0.05, 0) is 48.9 Å². The Labute approximate surface area is 186 Å². The molecule has 0 aliphatic carbocycles. The summed E-state index contributed by atoms with van der Waals surface area (Å²) < 4.78 is 11.5. The molecule has 8 heteroatoms. The summed E-state index contributed by atoms with van der Waals surface area (Å²) in [5, 5.41) is 12.4. The number of hydrogen-bond acceptors (Lipinski definition) is 8. The van der Waals surface area contributed by atoms with Crippen molar-refractivity contribution in [1.29, 1.82) is 5.26 Å².